The first kappa shape index (κ1) is 16.6. The molecule has 1 aromatic carbocycles. The maximum Gasteiger partial charge on any atom is 0.246 e. The molecular weight excluding hydrogens is 304 g/mol. The maximum atomic E-state index is 12.5. The van der Waals surface area contributed by atoms with Gasteiger partial charge in [-0.05, 0) is 37.5 Å². The number of rotatable bonds is 6. The molecule has 0 fully saturated rings. The van der Waals surface area contributed by atoms with E-state index < -0.39 is 10.0 Å². The Labute approximate surface area is 124 Å². The van der Waals surface area contributed by atoms with Crippen molar-refractivity contribution in [3.05, 3.63) is 23.2 Å². The molecule has 4 nitrogen and oxygen atoms in total. The van der Waals surface area contributed by atoms with Gasteiger partial charge in [0.05, 0.1) is 10.7 Å². The number of anilines is 1. The minimum absolute atomic E-state index is 0.00447. The summed E-state index contributed by atoms with van der Waals surface area (Å²) in [7, 11) is -2.10. The number of hydrogen-bond donors (Lipinski definition) is 1. The normalized spacial score (nSPS) is 13.7. The summed E-state index contributed by atoms with van der Waals surface area (Å²) in [6.45, 7) is 1.88. The van der Waals surface area contributed by atoms with Gasteiger partial charge in [0, 0.05) is 13.1 Å². The van der Waals surface area contributed by atoms with Gasteiger partial charge in [-0.3, -0.25) is 0 Å². The van der Waals surface area contributed by atoms with Gasteiger partial charge in [-0.1, -0.05) is 17.7 Å². The molecular formula is C12H19ClN2O2S2. The monoisotopic (exact) mass is 322 g/mol. The lowest BCUT2D eigenvalue weighted by molar-refractivity contribution is 0.382. The molecule has 0 saturated carbocycles. The van der Waals surface area contributed by atoms with Gasteiger partial charge in [-0.15, -0.1) is 0 Å². The van der Waals surface area contributed by atoms with Crippen LogP contribution in [0.4, 0.5) is 5.69 Å². The van der Waals surface area contributed by atoms with Crippen molar-refractivity contribution in [2.75, 3.05) is 24.8 Å². The molecule has 7 heteroatoms. The van der Waals surface area contributed by atoms with E-state index in [0.29, 0.717) is 0 Å². The van der Waals surface area contributed by atoms with Gasteiger partial charge in [0.25, 0.3) is 0 Å². The fraction of sp³-hybridized carbons (Fsp3) is 0.500. The molecule has 0 radical (unpaired) electrons. The Morgan fingerprint density at radius 2 is 2.11 bits per heavy atom. The zero-order valence-corrected chi connectivity index (χ0v) is 13.6. The van der Waals surface area contributed by atoms with Crippen LogP contribution >= 0.6 is 23.4 Å². The zero-order valence-electron chi connectivity index (χ0n) is 11.3. The van der Waals surface area contributed by atoms with Crippen molar-refractivity contribution in [3.8, 4) is 0 Å². The Hall–Kier alpha value is -0.430. The van der Waals surface area contributed by atoms with Crippen molar-refractivity contribution in [1.82, 2.24) is 4.31 Å². The number of hydrogen-bond acceptors (Lipinski definition) is 4. The summed E-state index contributed by atoms with van der Waals surface area (Å²) in [5.74, 6) is 0.902. The van der Waals surface area contributed by atoms with Gasteiger partial charge in [-0.25, -0.2) is 8.42 Å². The van der Waals surface area contributed by atoms with Crippen LogP contribution in [-0.2, 0) is 10.0 Å². The quantitative estimate of drug-likeness (QED) is 0.818. The molecule has 0 aliphatic heterocycles. The summed E-state index contributed by atoms with van der Waals surface area (Å²) in [4.78, 5) is -0.00447. The minimum Gasteiger partial charge on any atom is -0.398 e. The molecule has 19 heavy (non-hydrogen) atoms. The minimum atomic E-state index is -3.66. The SMILES string of the molecule is CSCCC(C)N(C)S(=O)(=O)c1c(N)cccc1Cl. The van der Waals surface area contributed by atoms with Crippen LogP contribution in [0, 0.1) is 0 Å². The second-order valence-electron chi connectivity index (χ2n) is 4.31. The van der Waals surface area contributed by atoms with Crippen LogP contribution in [0.1, 0.15) is 13.3 Å². The third kappa shape index (κ3) is 3.78. The Balaban J connectivity index is 3.10. The maximum absolute atomic E-state index is 12.5. The summed E-state index contributed by atoms with van der Waals surface area (Å²) in [5, 5.41) is 0.156. The molecule has 0 saturated heterocycles. The van der Waals surface area contributed by atoms with Crippen LogP contribution in [0.5, 0.6) is 0 Å². The molecule has 0 aliphatic rings. The van der Waals surface area contributed by atoms with Crippen LogP contribution in [-0.4, -0.2) is 37.8 Å². The third-order valence-electron chi connectivity index (χ3n) is 2.99. The lowest BCUT2D eigenvalue weighted by Crippen LogP contribution is -2.36. The highest BCUT2D eigenvalue weighted by atomic mass is 35.5. The van der Waals surface area contributed by atoms with Gasteiger partial charge in [-0.2, -0.15) is 16.1 Å². The summed E-state index contributed by atoms with van der Waals surface area (Å²) >= 11 is 7.67. The van der Waals surface area contributed by atoms with Crippen molar-refractivity contribution in [3.63, 3.8) is 0 Å². The number of halogens is 1. The molecule has 1 atom stereocenters. The van der Waals surface area contributed by atoms with Gasteiger partial charge >= 0.3 is 0 Å². The largest absolute Gasteiger partial charge is 0.398 e. The van der Waals surface area contributed by atoms with E-state index in [1.165, 1.54) is 10.4 Å². The molecule has 0 aromatic heterocycles. The molecule has 108 valence electrons. The first-order valence-electron chi connectivity index (χ1n) is 5.83. The molecule has 1 unspecified atom stereocenters. The van der Waals surface area contributed by atoms with Crippen molar-refractivity contribution in [1.29, 1.82) is 0 Å². The predicted molar refractivity (Wildman–Crippen MR) is 83.3 cm³/mol. The van der Waals surface area contributed by atoms with E-state index in [1.807, 2.05) is 13.2 Å². The van der Waals surface area contributed by atoms with E-state index in [2.05, 4.69) is 0 Å². The van der Waals surface area contributed by atoms with E-state index >= 15 is 0 Å². The first-order chi connectivity index (χ1) is 8.82. The summed E-state index contributed by atoms with van der Waals surface area (Å²) in [5.41, 5.74) is 5.93. The molecule has 1 rings (SSSR count). The van der Waals surface area contributed by atoms with E-state index in [9.17, 15) is 8.42 Å². The summed E-state index contributed by atoms with van der Waals surface area (Å²) in [6, 6.07) is 4.60. The summed E-state index contributed by atoms with van der Waals surface area (Å²) in [6.07, 6.45) is 2.77. The fourth-order valence-electron chi connectivity index (χ4n) is 1.65. The summed E-state index contributed by atoms with van der Waals surface area (Å²) < 4.78 is 26.4. The molecule has 0 spiro atoms. The van der Waals surface area contributed by atoms with E-state index in [4.69, 9.17) is 17.3 Å². The number of sulfonamides is 1. The van der Waals surface area contributed by atoms with Gasteiger partial charge in [0.2, 0.25) is 10.0 Å². The Morgan fingerprint density at radius 3 is 2.63 bits per heavy atom. The van der Waals surface area contributed by atoms with Gasteiger partial charge < -0.3 is 5.73 Å². The highest BCUT2D eigenvalue weighted by Crippen LogP contribution is 2.30. The smallest absolute Gasteiger partial charge is 0.246 e. The number of nitrogens with zero attached hydrogens (tertiary/aromatic N) is 1. The third-order valence-corrected chi connectivity index (χ3v) is 6.16. The van der Waals surface area contributed by atoms with Crippen molar-refractivity contribution >= 4 is 39.1 Å². The topological polar surface area (TPSA) is 63.4 Å². The standard InChI is InChI=1S/C12H19ClN2O2S2/c1-9(7-8-18-3)15(2)19(16,17)12-10(13)5-4-6-11(12)14/h4-6,9H,7-8,14H2,1-3H3. The molecule has 0 bridgehead atoms. The average Bonchev–Trinajstić information content (AvgIpc) is 2.34. The Morgan fingerprint density at radius 1 is 1.47 bits per heavy atom. The number of benzene rings is 1. The van der Waals surface area contributed by atoms with E-state index in [-0.39, 0.29) is 21.6 Å². The lowest BCUT2D eigenvalue weighted by atomic mass is 10.3. The van der Waals surface area contributed by atoms with E-state index in [0.717, 1.165) is 12.2 Å². The van der Waals surface area contributed by atoms with Crippen molar-refractivity contribution in [2.24, 2.45) is 0 Å². The molecule has 0 heterocycles. The first-order valence-corrected chi connectivity index (χ1v) is 9.04. The zero-order chi connectivity index (χ0) is 14.6. The Bertz CT molecular complexity index is 514. The van der Waals surface area contributed by atoms with Crippen LogP contribution in [0.25, 0.3) is 0 Å². The second kappa shape index (κ2) is 6.83. The van der Waals surface area contributed by atoms with Crippen molar-refractivity contribution in [2.45, 2.75) is 24.3 Å². The van der Waals surface area contributed by atoms with Crippen molar-refractivity contribution < 1.29 is 8.42 Å². The molecule has 0 aliphatic carbocycles. The number of nitrogens with two attached hydrogens (primary N) is 1. The second-order valence-corrected chi connectivity index (χ2v) is 7.64. The Kier molecular flexibility index (Phi) is 5.98. The highest BCUT2D eigenvalue weighted by Gasteiger charge is 2.29. The number of thioether (sulfide) groups is 1. The highest BCUT2D eigenvalue weighted by molar-refractivity contribution is 7.98. The van der Waals surface area contributed by atoms with Gasteiger partial charge in [0.1, 0.15) is 4.90 Å². The fourth-order valence-corrected chi connectivity index (χ4v) is 4.25. The number of nitrogen functional groups attached to an aromatic ring is 1. The van der Waals surface area contributed by atoms with Crippen LogP contribution < -0.4 is 5.73 Å². The lowest BCUT2D eigenvalue weighted by Gasteiger charge is -2.25. The predicted octanol–water partition coefficient (Wildman–Crippen LogP) is 2.68. The average molecular weight is 323 g/mol. The van der Waals surface area contributed by atoms with Crippen LogP contribution in [0.3, 0.4) is 0 Å². The molecule has 1 aromatic rings. The van der Waals surface area contributed by atoms with E-state index in [1.54, 1.807) is 30.9 Å². The van der Waals surface area contributed by atoms with Gasteiger partial charge in [0.15, 0.2) is 0 Å². The van der Waals surface area contributed by atoms with Crippen LogP contribution in [0.2, 0.25) is 5.02 Å². The van der Waals surface area contributed by atoms with Crippen LogP contribution in [0.15, 0.2) is 23.1 Å². The molecule has 0 amide bonds. The molecule has 2 N–H and O–H groups in total.